The van der Waals surface area contributed by atoms with Gasteiger partial charge < -0.3 is 10.2 Å². The van der Waals surface area contributed by atoms with Gasteiger partial charge in [0.15, 0.2) is 0 Å². The van der Waals surface area contributed by atoms with Gasteiger partial charge in [-0.1, -0.05) is 72.3 Å². The van der Waals surface area contributed by atoms with Crippen LogP contribution >= 0.6 is 23.4 Å². The van der Waals surface area contributed by atoms with Crippen LogP contribution in [0.5, 0.6) is 0 Å². The van der Waals surface area contributed by atoms with Crippen molar-refractivity contribution in [1.29, 1.82) is 0 Å². The first-order chi connectivity index (χ1) is 16.6. The summed E-state index contributed by atoms with van der Waals surface area (Å²) in [5.41, 5.74) is 2.04. The number of likely N-dealkylation sites (N-methyl/N-ethyl adjacent to an activating group) is 1. The Morgan fingerprint density at radius 3 is 2.15 bits per heavy atom. The monoisotopic (exact) mass is 494 g/mol. The summed E-state index contributed by atoms with van der Waals surface area (Å²) in [4.78, 5) is 29.4. The predicted molar refractivity (Wildman–Crippen MR) is 141 cm³/mol. The van der Waals surface area contributed by atoms with E-state index < -0.39 is 6.04 Å². The molecule has 1 atom stereocenters. The second-order valence-electron chi connectivity index (χ2n) is 8.01. The van der Waals surface area contributed by atoms with E-state index in [0.717, 1.165) is 28.2 Å². The highest BCUT2D eigenvalue weighted by molar-refractivity contribution is 7.99. The number of benzene rings is 3. The van der Waals surface area contributed by atoms with E-state index in [1.165, 1.54) is 0 Å². The average molecular weight is 495 g/mol. The van der Waals surface area contributed by atoms with Crippen molar-refractivity contribution in [3.8, 4) is 0 Å². The van der Waals surface area contributed by atoms with E-state index in [-0.39, 0.29) is 11.8 Å². The van der Waals surface area contributed by atoms with Crippen LogP contribution in [0.3, 0.4) is 0 Å². The molecule has 2 amide bonds. The molecule has 0 aliphatic rings. The summed E-state index contributed by atoms with van der Waals surface area (Å²) < 4.78 is 0. The first-order valence-corrected chi connectivity index (χ1v) is 13.0. The molecule has 178 valence electrons. The molecule has 0 saturated heterocycles. The molecule has 0 radical (unpaired) electrons. The van der Waals surface area contributed by atoms with Crippen LogP contribution in [-0.4, -0.2) is 35.1 Å². The molecule has 0 aromatic heterocycles. The van der Waals surface area contributed by atoms with Crippen molar-refractivity contribution >= 4 is 35.2 Å². The highest BCUT2D eigenvalue weighted by atomic mass is 35.5. The highest BCUT2D eigenvalue weighted by Gasteiger charge is 2.29. The van der Waals surface area contributed by atoms with E-state index in [0.29, 0.717) is 31.0 Å². The first-order valence-electron chi connectivity index (χ1n) is 11.6. The number of nitrogens with zero attached hydrogens (tertiary/aromatic N) is 1. The van der Waals surface area contributed by atoms with E-state index in [1.54, 1.807) is 16.7 Å². The maximum Gasteiger partial charge on any atom is 0.243 e. The molecule has 1 N–H and O–H groups in total. The van der Waals surface area contributed by atoms with Crippen LogP contribution in [0.2, 0.25) is 5.02 Å². The SMILES string of the molecule is CCNC(=O)C(Cc1ccccc1)N(Cc1ccccc1)C(=O)CCCSc1ccc(Cl)cc1. The molecule has 4 nitrogen and oxygen atoms in total. The Kier molecular flexibility index (Phi) is 10.5. The summed E-state index contributed by atoms with van der Waals surface area (Å²) in [6.07, 6.45) is 1.59. The standard InChI is InChI=1S/C28H31ClN2O2S/c1-2-30-28(33)26(20-22-10-5-3-6-11-22)31(21-23-12-7-4-8-13-23)27(32)14-9-19-34-25-17-15-24(29)16-18-25/h3-8,10-13,15-18,26H,2,9,14,19-21H2,1H3,(H,30,33). The second kappa shape index (κ2) is 13.8. The minimum Gasteiger partial charge on any atom is -0.355 e. The third-order valence-corrected chi connectivity index (χ3v) is 6.79. The molecule has 3 rings (SSSR count). The van der Waals surface area contributed by atoms with Gasteiger partial charge in [-0.3, -0.25) is 9.59 Å². The van der Waals surface area contributed by atoms with Crippen molar-refractivity contribution < 1.29 is 9.59 Å². The zero-order valence-electron chi connectivity index (χ0n) is 19.5. The molecule has 0 heterocycles. The van der Waals surface area contributed by atoms with Crippen LogP contribution in [0, 0.1) is 0 Å². The van der Waals surface area contributed by atoms with E-state index in [1.807, 2.05) is 91.9 Å². The lowest BCUT2D eigenvalue weighted by Crippen LogP contribution is -2.50. The number of hydrogen-bond donors (Lipinski definition) is 1. The third-order valence-electron chi connectivity index (χ3n) is 5.44. The van der Waals surface area contributed by atoms with Crippen LogP contribution in [0.4, 0.5) is 0 Å². The Morgan fingerprint density at radius 1 is 0.912 bits per heavy atom. The number of amides is 2. The molecule has 0 fully saturated rings. The fraction of sp³-hybridized carbons (Fsp3) is 0.286. The third kappa shape index (κ3) is 8.23. The van der Waals surface area contributed by atoms with Gasteiger partial charge in [0.05, 0.1) is 0 Å². The maximum absolute atomic E-state index is 13.5. The molecule has 6 heteroatoms. The van der Waals surface area contributed by atoms with Crippen molar-refractivity contribution in [2.75, 3.05) is 12.3 Å². The lowest BCUT2D eigenvalue weighted by molar-refractivity contribution is -0.141. The zero-order chi connectivity index (χ0) is 24.2. The summed E-state index contributed by atoms with van der Waals surface area (Å²) in [5, 5.41) is 3.65. The number of carbonyl (C=O) groups excluding carboxylic acids is 2. The number of carbonyl (C=O) groups is 2. The average Bonchev–Trinajstić information content (AvgIpc) is 2.86. The molecule has 0 aliphatic carbocycles. The second-order valence-corrected chi connectivity index (χ2v) is 9.62. The van der Waals surface area contributed by atoms with Gasteiger partial charge in [0, 0.05) is 35.8 Å². The van der Waals surface area contributed by atoms with Crippen molar-refractivity contribution in [3.05, 3.63) is 101 Å². The van der Waals surface area contributed by atoms with E-state index in [2.05, 4.69) is 5.32 Å². The Bertz CT molecular complexity index is 1030. The van der Waals surface area contributed by atoms with Gasteiger partial charge >= 0.3 is 0 Å². The number of thioether (sulfide) groups is 1. The Morgan fingerprint density at radius 2 is 1.53 bits per heavy atom. The maximum atomic E-state index is 13.5. The predicted octanol–water partition coefficient (Wildman–Crippen LogP) is 5.99. The summed E-state index contributed by atoms with van der Waals surface area (Å²) >= 11 is 7.66. The van der Waals surface area contributed by atoms with Crippen LogP contribution in [0.15, 0.2) is 89.8 Å². The van der Waals surface area contributed by atoms with Crippen LogP contribution in [0.25, 0.3) is 0 Å². The number of hydrogen-bond acceptors (Lipinski definition) is 3. The van der Waals surface area contributed by atoms with Gasteiger partial charge in [-0.2, -0.15) is 0 Å². The lowest BCUT2D eigenvalue weighted by Gasteiger charge is -2.31. The smallest absolute Gasteiger partial charge is 0.243 e. The molecule has 0 saturated carbocycles. The normalized spacial score (nSPS) is 11.6. The summed E-state index contributed by atoms with van der Waals surface area (Å²) in [6.45, 7) is 2.82. The molecule has 0 spiro atoms. The van der Waals surface area contributed by atoms with Crippen molar-refractivity contribution in [1.82, 2.24) is 10.2 Å². The van der Waals surface area contributed by atoms with Gasteiger partial charge in [-0.25, -0.2) is 0 Å². The molecular weight excluding hydrogens is 464 g/mol. The van der Waals surface area contributed by atoms with E-state index in [9.17, 15) is 9.59 Å². The van der Waals surface area contributed by atoms with E-state index >= 15 is 0 Å². The quantitative estimate of drug-likeness (QED) is 0.248. The minimum atomic E-state index is -0.570. The number of halogens is 1. The fourth-order valence-corrected chi connectivity index (χ4v) is 4.69. The number of nitrogens with one attached hydrogen (secondary N) is 1. The summed E-state index contributed by atoms with van der Waals surface area (Å²) in [6, 6.07) is 26.9. The van der Waals surface area contributed by atoms with Gasteiger partial charge in [-0.15, -0.1) is 11.8 Å². The molecule has 3 aromatic carbocycles. The molecule has 3 aromatic rings. The Hall–Kier alpha value is -2.76. The van der Waals surface area contributed by atoms with Gasteiger partial charge in [0.2, 0.25) is 11.8 Å². The zero-order valence-corrected chi connectivity index (χ0v) is 21.0. The molecular formula is C28H31ClN2O2S. The minimum absolute atomic E-state index is 0.00672. The van der Waals surface area contributed by atoms with E-state index in [4.69, 9.17) is 11.6 Å². The number of rotatable bonds is 12. The van der Waals surface area contributed by atoms with Crippen LogP contribution in [0.1, 0.15) is 30.9 Å². The molecule has 0 aliphatic heterocycles. The van der Waals surface area contributed by atoms with Crippen LogP contribution < -0.4 is 5.32 Å². The largest absolute Gasteiger partial charge is 0.355 e. The highest BCUT2D eigenvalue weighted by Crippen LogP contribution is 2.22. The van der Waals surface area contributed by atoms with Gasteiger partial charge in [-0.05, 0) is 54.5 Å². The summed E-state index contributed by atoms with van der Waals surface area (Å²) in [5.74, 6) is 0.691. The van der Waals surface area contributed by atoms with Crippen molar-refractivity contribution in [2.24, 2.45) is 0 Å². The molecule has 34 heavy (non-hydrogen) atoms. The van der Waals surface area contributed by atoms with Crippen LogP contribution in [-0.2, 0) is 22.6 Å². The Labute approximate surface area is 211 Å². The Balaban J connectivity index is 1.73. The van der Waals surface area contributed by atoms with Crippen molar-refractivity contribution in [3.63, 3.8) is 0 Å². The van der Waals surface area contributed by atoms with Crippen molar-refractivity contribution in [2.45, 2.75) is 43.7 Å². The lowest BCUT2D eigenvalue weighted by atomic mass is 10.0. The topological polar surface area (TPSA) is 49.4 Å². The fourth-order valence-electron chi connectivity index (χ4n) is 3.71. The van der Waals surface area contributed by atoms with Gasteiger partial charge in [0.25, 0.3) is 0 Å². The molecule has 1 unspecified atom stereocenters. The first kappa shape index (κ1) is 25.9. The molecule has 0 bridgehead atoms. The van der Waals surface area contributed by atoms with Gasteiger partial charge in [0.1, 0.15) is 6.04 Å². The summed E-state index contributed by atoms with van der Waals surface area (Å²) in [7, 11) is 0.